The van der Waals surface area contributed by atoms with E-state index in [1.54, 1.807) is 23.9 Å². The predicted molar refractivity (Wildman–Crippen MR) is 74.4 cm³/mol. The Kier molecular flexibility index (Phi) is 4.28. The first-order valence-electron chi connectivity index (χ1n) is 5.36. The lowest BCUT2D eigenvalue weighted by atomic mass is 10.2. The maximum atomic E-state index is 10.7. The topological polar surface area (TPSA) is 37.3 Å². The number of halogens is 1. The van der Waals surface area contributed by atoms with Gasteiger partial charge in [-0.15, -0.1) is 11.8 Å². The third-order valence-corrected chi connectivity index (χ3v) is 3.71. The van der Waals surface area contributed by atoms with E-state index < -0.39 is 5.97 Å². The van der Waals surface area contributed by atoms with Gasteiger partial charge < -0.3 is 5.11 Å². The molecule has 0 aromatic heterocycles. The van der Waals surface area contributed by atoms with Crippen molar-refractivity contribution in [3.8, 4) is 0 Å². The second-order valence-corrected chi connectivity index (χ2v) is 5.23. The van der Waals surface area contributed by atoms with E-state index in [4.69, 9.17) is 16.7 Å². The minimum absolute atomic E-state index is 0.308. The highest BCUT2D eigenvalue weighted by molar-refractivity contribution is 7.98. The molecule has 0 saturated heterocycles. The van der Waals surface area contributed by atoms with Crippen molar-refractivity contribution in [3.63, 3.8) is 0 Å². The molecule has 2 aromatic rings. The summed E-state index contributed by atoms with van der Waals surface area (Å²) in [6.07, 6.45) is 0. The van der Waals surface area contributed by atoms with Gasteiger partial charge in [-0.2, -0.15) is 0 Å². The van der Waals surface area contributed by atoms with Gasteiger partial charge in [0, 0.05) is 15.7 Å². The van der Waals surface area contributed by atoms with Crippen molar-refractivity contribution in [2.24, 2.45) is 0 Å². The van der Waals surface area contributed by atoms with Gasteiger partial charge in [-0.25, -0.2) is 4.79 Å². The van der Waals surface area contributed by atoms with Crippen molar-refractivity contribution >= 4 is 29.3 Å². The van der Waals surface area contributed by atoms with Gasteiger partial charge >= 0.3 is 5.97 Å². The molecule has 2 nitrogen and oxygen atoms in total. The maximum Gasteiger partial charge on any atom is 0.335 e. The number of carbonyl (C=O) groups is 1. The number of carboxylic acid groups (broad SMARTS) is 1. The van der Waals surface area contributed by atoms with Crippen molar-refractivity contribution < 1.29 is 9.90 Å². The van der Waals surface area contributed by atoms with Crippen LogP contribution in [0.15, 0.2) is 53.4 Å². The minimum Gasteiger partial charge on any atom is -0.478 e. The summed E-state index contributed by atoms with van der Waals surface area (Å²) >= 11 is 7.56. The zero-order valence-corrected chi connectivity index (χ0v) is 11.0. The van der Waals surface area contributed by atoms with Crippen LogP contribution in [0.1, 0.15) is 15.9 Å². The fourth-order valence-corrected chi connectivity index (χ4v) is 2.54. The SMILES string of the molecule is O=C(O)c1ccc(SCc2cccc(Cl)c2)cc1. The minimum atomic E-state index is -0.901. The summed E-state index contributed by atoms with van der Waals surface area (Å²) in [5.74, 6) is -0.0890. The third kappa shape index (κ3) is 3.52. The molecule has 0 aliphatic rings. The molecule has 0 aliphatic carbocycles. The number of carboxylic acids is 1. The van der Waals surface area contributed by atoms with E-state index in [9.17, 15) is 4.79 Å². The zero-order valence-electron chi connectivity index (χ0n) is 9.47. The van der Waals surface area contributed by atoms with Crippen LogP contribution in [0, 0.1) is 0 Å². The van der Waals surface area contributed by atoms with Crippen molar-refractivity contribution in [1.29, 1.82) is 0 Å². The number of hydrogen-bond acceptors (Lipinski definition) is 2. The monoisotopic (exact) mass is 278 g/mol. The summed E-state index contributed by atoms with van der Waals surface area (Å²) in [6, 6.07) is 14.6. The highest BCUT2D eigenvalue weighted by atomic mass is 35.5. The van der Waals surface area contributed by atoms with Crippen molar-refractivity contribution in [2.75, 3.05) is 0 Å². The number of rotatable bonds is 4. The molecule has 0 fully saturated rings. The fourth-order valence-electron chi connectivity index (χ4n) is 1.49. The van der Waals surface area contributed by atoms with Crippen LogP contribution in [0.25, 0.3) is 0 Å². The molecule has 0 radical (unpaired) electrons. The van der Waals surface area contributed by atoms with Gasteiger partial charge in [0.25, 0.3) is 0 Å². The molecule has 0 spiro atoms. The highest BCUT2D eigenvalue weighted by Gasteiger charge is 2.02. The Morgan fingerprint density at radius 3 is 2.50 bits per heavy atom. The molecule has 0 atom stereocenters. The van der Waals surface area contributed by atoms with E-state index in [1.807, 2.05) is 36.4 Å². The van der Waals surface area contributed by atoms with Crippen LogP contribution in [0.3, 0.4) is 0 Å². The lowest BCUT2D eigenvalue weighted by molar-refractivity contribution is 0.0697. The molecule has 2 aromatic carbocycles. The first-order valence-corrected chi connectivity index (χ1v) is 6.72. The lowest BCUT2D eigenvalue weighted by Crippen LogP contribution is -1.94. The Hall–Kier alpha value is -1.45. The van der Waals surface area contributed by atoms with Gasteiger partial charge in [-0.3, -0.25) is 0 Å². The molecule has 1 N–H and O–H groups in total. The summed E-state index contributed by atoms with van der Waals surface area (Å²) in [4.78, 5) is 11.7. The number of aromatic carboxylic acids is 1. The van der Waals surface area contributed by atoms with Gasteiger partial charge in [0.15, 0.2) is 0 Å². The van der Waals surface area contributed by atoms with Crippen LogP contribution >= 0.6 is 23.4 Å². The average molecular weight is 279 g/mol. The molecule has 0 aliphatic heterocycles. The van der Waals surface area contributed by atoms with Crippen molar-refractivity contribution in [2.45, 2.75) is 10.6 Å². The van der Waals surface area contributed by atoms with E-state index in [0.29, 0.717) is 5.56 Å². The van der Waals surface area contributed by atoms with E-state index in [0.717, 1.165) is 21.2 Å². The maximum absolute atomic E-state index is 10.7. The van der Waals surface area contributed by atoms with Crippen LogP contribution in [0.4, 0.5) is 0 Å². The van der Waals surface area contributed by atoms with E-state index in [1.165, 1.54) is 0 Å². The molecule has 4 heteroatoms. The van der Waals surface area contributed by atoms with Crippen LogP contribution in [0.5, 0.6) is 0 Å². The van der Waals surface area contributed by atoms with Crippen LogP contribution in [-0.2, 0) is 5.75 Å². The average Bonchev–Trinajstić information content (AvgIpc) is 2.37. The summed E-state index contributed by atoms with van der Waals surface area (Å²) in [7, 11) is 0. The molecule has 0 heterocycles. The Morgan fingerprint density at radius 2 is 1.89 bits per heavy atom. The normalized spacial score (nSPS) is 10.3. The quantitative estimate of drug-likeness (QED) is 0.846. The summed E-state index contributed by atoms with van der Waals surface area (Å²) in [5, 5.41) is 9.52. The molecular weight excluding hydrogens is 268 g/mol. The second kappa shape index (κ2) is 5.94. The molecule has 18 heavy (non-hydrogen) atoms. The molecule has 92 valence electrons. The molecule has 0 amide bonds. The summed E-state index contributed by atoms with van der Waals surface area (Å²) in [5.41, 5.74) is 1.46. The van der Waals surface area contributed by atoms with Crippen LogP contribution < -0.4 is 0 Å². The highest BCUT2D eigenvalue weighted by Crippen LogP contribution is 2.24. The number of hydrogen-bond donors (Lipinski definition) is 1. The molecular formula is C14H11ClO2S. The lowest BCUT2D eigenvalue weighted by Gasteiger charge is -2.03. The van der Waals surface area contributed by atoms with Crippen molar-refractivity contribution in [3.05, 3.63) is 64.7 Å². The molecule has 0 saturated carbocycles. The predicted octanol–water partition coefficient (Wildman–Crippen LogP) is 4.33. The summed E-state index contributed by atoms with van der Waals surface area (Å²) in [6.45, 7) is 0. The largest absolute Gasteiger partial charge is 0.478 e. The van der Waals surface area contributed by atoms with Crippen LogP contribution in [0.2, 0.25) is 5.02 Å². The van der Waals surface area contributed by atoms with Gasteiger partial charge in [0.05, 0.1) is 5.56 Å². The Labute approximate surface area is 115 Å². The zero-order chi connectivity index (χ0) is 13.0. The number of thioether (sulfide) groups is 1. The third-order valence-electron chi connectivity index (χ3n) is 2.40. The van der Waals surface area contributed by atoms with Gasteiger partial charge in [0.1, 0.15) is 0 Å². The Morgan fingerprint density at radius 1 is 1.17 bits per heavy atom. The standard InChI is InChI=1S/C14H11ClO2S/c15-12-3-1-2-10(8-12)9-18-13-6-4-11(5-7-13)14(16)17/h1-8H,9H2,(H,16,17). The van der Waals surface area contributed by atoms with Gasteiger partial charge in [-0.05, 0) is 42.0 Å². The van der Waals surface area contributed by atoms with Crippen LogP contribution in [-0.4, -0.2) is 11.1 Å². The fraction of sp³-hybridized carbons (Fsp3) is 0.0714. The Bertz CT molecular complexity index is 552. The molecule has 0 unspecified atom stereocenters. The molecule has 0 bridgehead atoms. The second-order valence-electron chi connectivity index (χ2n) is 3.75. The first kappa shape index (κ1) is 13.0. The van der Waals surface area contributed by atoms with Gasteiger partial charge in [-0.1, -0.05) is 23.7 Å². The van der Waals surface area contributed by atoms with E-state index >= 15 is 0 Å². The van der Waals surface area contributed by atoms with Gasteiger partial charge in [0.2, 0.25) is 0 Å². The van der Waals surface area contributed by atoms with E-state index in [2.05, 4.69) is 0 Å². The smallest absolute Gasteiger partial charge is 0.335 e. The van der Waals surface area contributed by atoms with E-state index in [-0.39, 0.29) is 0 Å². The molecule has 2 rings (SSSR count). The van der Waals surface area contributed by atoms with Crippen molar-refractivity contribution in [1.82, 2.24) is 0 Å². The first-order chi connectivity index (χ1) is 8.65. The summed E-state index contributed by atoms with van der Waals surface area (Å²) < 4.78 is 0. The number of benzene rings is 2. The Balaban J connectivity index is 2.00.